The van der Waals surface area contributed by atoms with Gasteiger partial charge >= 0.3 is 0 Å². The Labute approximate surface area is 128 Å². The number of benzene rings is 1. The highest BCUT2D eigenvalue weighted by Gasteiger charge is 2.17. The molecule has 0 fully saturated rings. The maximum Gasteiger partial charge on any atom is 0.0643 e. The standard InChI is InChI=1S/C16H28ClN3/c1-7-20(12(2)11-19(5)6)16-9-8-14(10-15(16)17)13(3)18-4/h8-10,12-13,18H,7,11H2,1-6H3. The number of rotatable bonds is 7. The summed E-state index contributed by atoms with van der Waals surface area (Å²) in [5.74, 6) is 0. The molecular formula is C16H28ClN3. The third-order valence-corrected chi connectivity index (χ3v) is 4.02. The van der Waals surface area contributed by atoms with Crippen LogP contribution in [0.1, 0.15) is 32.4 Å². The third kappa shape index (κ3) is 4.37. The molecule has 1 rings (SSSR count). The van der Waals surface area contributed by atoms with Gasteiger partial charge < -0.3 is 15.1 Å². The predicted molar refractivity (Wildman–Crippen MR) is 90.0 cm³/mol. The van der Waals surface area contributed by atoms with Gasteiger partial charge in [-0.25, -0.2) is 0 Å². The molecule has 3 nitrogen and oxygen atoms in total. The van der Waals surface area contributed by atoms with E-state index >= 15 is 0 Å². The van der Waals surface area contributed by atoms with Crippen LogP contribution < -0.4 is 10.2 Å². The summed E-state index contributed by atoms with van der Waals surface area (Å²) < 4.78 is 0. The van der Waals surface area contributed by atoms with Crippen LogP contribution in [0.15, 0.2) is 18.2 Å². The van der Waals surface area contributed by atoms with Gasteiger partial charge in [0.1, 0.15) is 0 Å². The van der Waals surface area contributed by atoms with E-state index < -0.39 is 0 Å². The SMILES string of the molecule is CCN(c1ccc(C(C)NC)cc1Cl)C(C)CN(C)C. The van der Waals surface area contributed by atoms with Crippen molar-refractivity contribution in [2.45, 2.75) is 32.9 Å². The molecule has 2 unspecified atom stereocenters. The van der Waals surface area contributed by atoms with E-state index in [-0.39, 0.29) is 0 Å². The summed E-state index contributed by atoms with van der Waals surface area (Å²) in [6.07, 6.45) is 0. The van der Waals surface area contributed by atoms with Crippen LogP contribution in [0, 0.1) is 0 Å². The Morgan fingerprint density at radius 2 is 1.90 bits per heavy atom. The fourth-order valence-corrected chi connectivity index (χ4v) is 2.84. The lowest BCUT2D eigenvalue weighted by molar-refractivity contribution is 0.373. The Kier molecular flexibility index (Phi) is 6.80. The van der Waals surface area contributed by atoms with Crippen molar-refractivity contribution >= 4 is 17.3 Å². The Balaban J connectivity index is 2.98. The summed E-state index contributed by atoms with van der Waals surface area (Å²) in [6.45, 7) is 8.52. The van der Waals surface area contributed by atoms with Gasteiger partial charge in [-0.15, -0.1) is 0 Å². The largest absolute Gasteiger partial charge is 0.367 e. The van der Waals surface area contributed by atoms with Crippen LogP contribution in [0.5, 0.6) is 0 Å². The zero-order valence-corrected chi connectivity index (χ0v) is 14.3. The van der Waals surface area contributed by atoms with E-state index in [4.69, 9.17) is 11.6 Å². The number of nitrogens with one attached hydrogen (secondary N) is 1. The van der Waals surface area contributed by atoms with E-state index in [1.807, 2.05) is 7.05 Å². The van der Waals surface area contributed by atoms with Crippen molar-refractivity contribution in [3.63, 3.8) is 0 Å². The quantitative estimate of drug-likeness (QED) is 0.832. The third-order valence-electron chi connectivity index (χ3n) is 3.72. The van der Waals surface area contributed by atoms with Gasteiger partial charge in [0.2, 0.25) is 0 Å². The molecule has 0 saturated carbocycles. The van der Waals surface area contributed by atoms with Crippen LogP contribution in [0.4, 0.5) is 5.69 Å². The first-order chi connectivity index (χ1) is 9.40. The molecule has 1 aromatic carbocycles. The highest BCUT2D eigenvalue weighted by molar-refractivity contribution is 6.33. The highest BCUT2D eigenvalue weighted by Crippen LogP contribution is 2.30. The molecule has 0 saturated heterocycles. The minimum absolute atomic E-state index is 0.316. The molecular weight excluding hydrogens is 270 g/mol. The molecule has 0 aromatic heterocycles. The topological polar surface area (TPSA) is 18.5 Å². The smallest absolute Gasteiger partial charge is 0.0643 e. The number of halogens is 1. The normalized spacial score (nSPS) is 14.4. The molecule has 0 radical (unpaired) electrons. The summed E-state index contributed by atoms with van der Waals surface area (Å²) in [4.78, 5) is 4.56. The average molecular weight is 298 g/mol. The van der Waals surface area contributed by atoms with Crippen LogP contribution in [-0.4, -0.2) is 45.2 Å². The van der Waals surface area contributed by atoms with Gasteiger partial charge in [-0.1, -0.05) is 17.7 Å². The second-order valence-corrected chi connectivity index (χ2v) is 6.03. The van der Waals surface area contributed by atoms with Crippen molar-refractivity contribution in [3.05, 3.63) is 28.8 Å². The Hall–Kier alpha value is -0.770. The van der Waals surface area contributed by atoms with Crippen molar-refractivity contribution in [1.29, 1.82) is 0 Å². The molecule has 4 heteroatoms. The van der Waals surface area contributed by atoms with Gasteiger partial charge in [0.15, 0.2) is 0 Å². The molecule has 114 valence electrons. The zero-order valence-electron chi connectivity index (χ0n) is 13.6. The summed E-state index contributed by atoms with van der Waals surface area (Å²) >= 11 is 6.50. The summed E-state index contributed by atoms with van der Waals surface area (Å²) in [5, 5.41) is 4.07. The highest BCUT2D eigenvalue weighted by atomic mass is 35.5. The average Bonchev–Trinajstić information content (AvgIpc) is 2.39. The molecule has 0 bridgehead atoms. The van der Waals surface area contributed by atoms with E-state index in [1.165, 1.54) is 5.56 Å². The molecule has 0 aliphatic carbocycles. The Bertz CT molecular complexity index is 420. The molecule has 1 aromatic rings. The lowest BCUT2D eigenvalue weighted by Gasteiger charge is -2.33. The van der Waals surface area contributed by atoms with Crippen LogP contribution in [0.25, 0.3) is 0 Å². The van der Waals surface area contributed by atoms with Gasteiger partial charge in [-0.3, -0.25) is 0 Å². The van der Waals surface area contributed by atoms with Crippen LogP contribution in [0.2, 0.25) is 5.02 Å². The van der Waals surface area contributed by atoms with E-state index in [0.717, 1.165) is 23.8 Å². The second kappa shape index (κ2) is 7.87. The maximum absolute atomic E-state index is 6.50. The van der Waals surface area contributed by atoms with Crippen molar-refractivity contribution in [3.8, 4) is 0 Å². The minimum Gasteiger partial charge on any atom is -0.367 e. The zero-order chi connectivity index (χ0) is 15.3. The Morgan fingerprint density at radius 3 is 2.35 bits per heavy atom. The molecule has 0 spiro atoms. The molecule has 20 heavy (non-hydrogen) atoms. The summed E-state index contributed by atoms with van der Waals surface area (Å²) in [5.41, 5.74) is 2.34. The number of hydrogen-bond donors (Lipinski definition) is 1. The van der Waals surface area contributed by atoms with Gasteiger partial charge in [0.25, 0.3) is 0 Å². The lowest BCUT2D eigenvalue weighted by Crippen LogP contribution is -2.40. The molecule has 0 heterocycles. The monoisotopic (exact) mass is 297 g/mol. The fourth-order valence-electron chi connectivity index (χ4n) is 2.54. The number of likely N-dealkylation sites (N-methyl/N-ethyl adjacent to an activating group) is 2. The van der Waals surface area contributed by atoms with Crippen LogP contribution >= 0.6 is 11.6 Å². The van der Waals surface area contributed by atoms with Gasteiger partial charge in [-0.2, -0.15) is 0 Å². The Morgan fingerprint density at radius 1 is 1.25 bits per heavy atom. The van der Waals surface area contributed by atoms with Gasteiger partial charge in [-0.05, 0) is 59.6 Å². The maximum atomic E-state index is 6.50. The fraction of sp³-hybridized carbons (Fsp3) is 0.625. The van der Waals surface area contributed by atoms with E-state index in [0.29, 0.717) is 12.1 Å². The first-order valence-corrected chi connectivity index (χ1v) is 7.66. The van der Waals surface area contributed by atoms with Gasteiger partial charge in [0.05, 0.1) is 10.7 Å². The number of hydrogen-bond acceptors (Lipinski definition) is 3. The first-order valence-electron chi connectivity index (χ1n) is 7.28. The second-order valence-electron chi connectivity index (χ2n) is 5.62. The van der Waals surface area contributed by atoms with Crippen molar-refractivity contribution in [2.75, 3.05) is 39.1 Å². The summed E-state index contributed by atoms with van der Waals surface area (Å²) in [7, 11) is 6.16. The van der Waals surface area contributed by atoms with Crippen LogP contribution in [-0.2, 0) is 0 Å². The number of anilines is 1. The molecule has 0 aliphatic rings. The molecule has 0 aliphatic heterocycles. The van der Waals surface area contributed by atoms with E-state index in [1.54, 1.807) is 0 Å². The summed E-state index contributed by atoms with van der Waals surface area (Å²) in [6, 6.07) is 7.12. The van der Waals surface area contributed by atoms with Gasteiger partial charge in [0, 0.05) is 25.2 Å². The molecule has 1 N–H and O–H groups in total. The van der Waals surface area contributed by atoms with E-state index in [2.05, 4.69) is 68.2 Å². The van der Waals surface area contributed by atoms with Crippen LogP contribution in [0.3, 0.4) is 0 Å². The first kappa shape index (κ1) is 17.3. The number of nitrogens with zero attached hydrogens (tertiary/aromatic N) is 2. The van der Waals surface area contributed by atoms with Crippen molar-refractivity contribution in [1.82, 2.24) is 10.2 Å². The molecule has 2 atom stereocenters. The minimum atomic E-state index is 0.316. The lowest BCUT2D eigenvalue weighted by atomic mass is 10.1. The molecule has 0 amide bonds. The van der Waals surface area contributed by atoms with Crippen molar-refractivity contribution < 1.29 is 0 Å². The predicted octanol–water partition coefficient (Wildman–Crippen LogP) is 3.40. The van der Waals surface area contributed by atoms with Crippen molar-refractivity contribution in [2.24, 2.45) is 0 Å². The van der Waals surface area contributed by atoms with E-state index in [9.17, 15) is 0 Å².